The van der Waals surface area contributed by atoms with Crippen molar-refractivity contribution in [3.05, 3.63) is 68.2 Å². The molecule has 1 saturated carbocycles. The van der Waals surface area contributed by atoms with Gasteiger partial charge in [0.1, 0.15) is 5.56 Å². The minimum absolute atomic E-state index is 0.186. The smallest absolute Gasteiger partial charge is 0.276 e. The zero-order valence-electron chi connectivity index (χ0n) is 15.1. The van der Waals surface area contributed by atoms with E-state index in [1.165, 1.54) is 4.52 Å². The Morgan fingerprint density at radius 1 is 1.37 bits per heavy atom. The van der Waals surface area contributed by atoms with E-state index in [1.807, 2.05) is 18.2 Å². The van der Waals surface area contributed by atoms with Crippen molar-refractivity contribution in [1.29, 1.82) is 0 Å². The average molecular weight is 385 g/mol. The van der Waals surface area contributed by atoms with E-state index in [0.29, 0.717) is 33.9 Å². The number of aromatic amines is 1. The molecule has 1 amide bonds. The molecule has 2 aromatic heterocycles. The molecule has 0 aliphatic heterocycles. The number of H-pyrrole nitrogens is 1. The number of aryl methyl sites for hydroxylation is 1. The Hall–Kier alpha value is -2.60. The second-order valence-electron chi connectivity index (χ2n) is 7.09. The number of amides is 1. The van der Waals surface area contributed by atoms with Crippen LogP contribution in [0.5, 0.6) is 0 Å². The Labute approximate surface area is 161 Å². The fourth-order valence-electron chi connectivity index (χ4n) is 3.71. The summed E-state index contributed by atoms with van der Waals surface area (Å²) in [5, 5.41) is 6.56. The van der Waals surface area contributed by atoms with Gasteiger partial charge in [0.2, 0.25) is 0 Å². The Morgan fingerprint density at radius 2 is 2.15 bits per heavy atom. The summed E-state index contributed by atoms with van der Waals surface area (Å²) < 4.78 is 1.34. The highest BCUT2D eigenvalue weighted by molar-refractivity contribution is 6.30. The van der Waals surface area contributed by atoms with Crippen LogP contribution in [0.3, 0.4) is 0 Å². The van der Waals surface area contributed by atoms with Crippen molar-refractivity contribution >= 4 is 23.2 Å². The number of nitrogens with one attached hydrogen (secondary N) is 2. The lowest BCUT2D eigenvalue weighted by Gasteiger charge is -2.11. The summed E-state index contributed by atoms with van der Waals surface area (Å²) in [6, 6.07) is 7.63. The minimum atomic E-state index is -0.197. The van der Waals surface area contributed by atoms with Crippen LogP contribution in [0.4, 0.5) is 0 Å². The van der Waals surface area contributed by atoms with Gasteiger partial charge in [-0.05, 0) is 37.5 Å². The number of benzene rings is 1. The molecule has 0 spiro atoms. The zero-order valence-corrected chi connectivity index (χ0v) is 15.8. The SMILES string of the molecule is Cc1nc2c(C(=O)NC3CCCC3)c[nH]n2c(=O)c1Cc1cccc(Cl)c1. The molecule has 0 bridgehead atoms. The third-order valence-corrected chi connectivity index (χ3v) is 5.40. The van der Waals surface area contributed by atoms with Gasteiger partial charge in [0.25, 0.3) is 11.5 Å². The maximum absolute atomic E-state index is 12.9. The summed E-state index contributed by atoms with van der Waals surface area (Å²) >= 11 is 6.04. The average Bonchev–Trinajstić information content (AvgIpc) is 3.28. The first-order valence-corrected chi connectivity index (χ1v) is 9.55. The van der Waals surface area contributed by atoms with Gasteiger partial charge in [0, 0.05) is 34.9 Å². The summed E-state index contributed by atoms with van der Waals surface area (Å²) in [4.78, 5) is 30.1. The van der Waals surface area contributed by atoms with Crippen LogP contribution in [0.25, 0.3) is 5.65 Å². The lowest BCUT2D eigenvalue weighted by molar-refractivity contribution is 0.0939. The van der Waals surface area contributed by atoms with Crippen molar-refractivity contribution < 1.29 is 4.79 Å². The lowest BCUT2D eigenvalue weighted by Crippen LogP contribution is -2.32. The molecule has 27 heavy (non-hydrogen) atoms. The Bertz CT molecular complexity index is 1060. The van der Waals surface area contributed by atoms with Gasteiger partial charge in [-0.1, -0.05) is 36.6 Å². The quantitative estimate of drug-likeness (QED) is 0.724. The topological polar surface area (TPSA) is 79.3 Å². The summed E-state index contributed by atoms with van der Waals surface area (Å²) in [5.41, 5.74) is 2.71. The lowest BCUT2D eigenvalue weighted by atomic mass is 10.1. The number of nitrogens with zero attached hydrogens (tertiary/aromatic N) is 2. The van der Waals surface area contributed by atoms with E-state index < -0.39 is 0 Å². The largest absolute Gasteiger partial charge is 0.349 e. The summed E-state index contributed by atoms with van der Waals surface area (Å²) in [5.74, 6) is -0.186. The van der Waals surface area contributed by atoms with Crippen molar-refractivity contribution in [3.63, 3.8) is 0 Å². The fourth-order valence-corrected chi connectivity index (χ4v) is 3.92. The molecule has 0 unspecified atom stereocenters. The first-order valence-electron chi connectivity index (χ1n) is 9.18. The van der Waals surface area contributed by atoms with Gasteiger partial charge >= 0.3 is 0 Å². The number of fused-ring (bicyclic) bond motifs is 1. The van der Waals surface area contributed by atoms with Crippen LogP contribution < -0.4 is 10.9 Å². The van der Waals surface area contributed by atoms with Crippen LogP contribution >= 0.6 is 11.6 Å². The van der Waals surface area contributed by atoms with Gasteiger partial charge in [-0.3, -0.25) is 14.7 Å². The number of halogens is 1. The second-order valence-corrected chi connectivity index (χ2v) is 7.53. The molecule has 7 heteroatoms. The van der Waals surface area contributed by atoms with E-state index in [4.69, 9.17) is 11.6 Å². The molecule has 0 atom stereocenters. The van der Waals surface area contributed by atoms with Crippen molar-refractivity contribution in [2.75, 3.05) is 0 Å². The van der Waals surface area contributed by atoms with Gasteiger partial charge in [0.05, 0.1) is 0 Å². The molecule has 2 N–H and O–H groups in total. The van der Waals surface area contributed by atoms with Crippen LogP contribution in [0.15, 0.2) is 35.3 Å². The molecule has 1 aliphatic carbocycles. The van der Waals surface area contributed by atoms with E-state index in [2.05, 4.69) is 15.4 Å². The van der Waals surface area contributed by atoms with Crippen molar-refractivity contribution in [1.82, 2.24) is 19.9 Å². The normalized spacial score (nSPS) is 14.7. The molecule has 140 valence electrons. The molecule has 2 heterocycles. The molecular weight excluding hydrogens is 364 g/mol. The molecule has 1 aliphatic rings. The number of hydrogen-bond acceptors (Lipinski definition) is 3. The Morgan fingerprint density at radius 3 is 2.89 bits per heavy atom. The molecular formula is C20H21ClN4O2. The van der Waals surface area contributed by atoms with E-state index in [9.17, 15) is 9.59 Å². The number of hydrogen-bond donors (Lipinski definition) is 2. The molecule has 0 radical (unpaired) electrons. The molecule has 0 saturated heterocycles. The van der Waals surface area contributed by atoms with Crippen molar-refractivity contribution in [3.8, 4) is 0 Å². The van der Waals surface area contributed by atoms with E-state index in [1.54, 1.807) is 19.2 Å². The highest BCUT2D eigenvalue weighted by Gasteiger charge is 2.22. The monoisotopic (exact) mass is 384 g/mol. The van der Waals surface area contributed by atoms with E-state index in [0.717, 1.165) is 31.2 Å². The Balaban J connectivity index is 1.68. The number of carbonyl (C=O) groups excluding carboxylic acids is 1. The van der Waals surface area contributed by atoms with E-state index >= 15 is 0 Å². The molecule has 1 fully saturated rings. The number of rotatable bonds is 4. The van der Waals surface area contributed by atoms with Gasteiger partial charge < -0.3 is 5.32 Å². The fraction of sp³-hybridized carbons (Fsp3) is 0.350. The van der Waals surface area contributed by atoms with Gasteiger partial charge in [-0.15, -0.1) is 0 Å². The van der Waals surface area contributed by atoms with E-state index in [-0.39, 0.29) is 17.5 Å². The summed E-state index contributed by atoms with van der Waals surface area (Å²) in [7, 11) is 0. The number of aromatic nitrogens is 3. The van der Waals surface area contributed by atoms with Crippen LogP contribution in [0, 0.1) is 6.92 Å². The third-order valence-electron chi connectivity index (χ3n) is 5.17. The maximum atomic E-state index is 12.9. The Kier molecular flexibility index (Phi) is 4.74. The number of carbonyl (C=O) groups is 1. The maximum Gasteiger partial charge on any atom is 0.276 e. The highest BCUT2D eigenvalue weighted by Crippen LogP contribution is 2.19. The first-order chi connectivity index (χ1) is 13.0. The molecule has 4 rings (SSSR count). The third kappa shape index (κ3) is 3.49. The minimum Gasteiger partial charge on any atom is -0.349 e. The predicted molar refractivity (Wildman–Crippen MR) is 105 cm³/mol. The standard InChI is InChI=1S/C20H21ClN4O2/c1-12-16(10-13-5-4-6-14(21)9-13)20(27)25-18(23-12)17(11-22-25)19(26)24-15-7-2-3-8-15/h4-6,9,11,15,22H,2-3,7-8,10H2,1H3,(H,24,26). The van der Waals surface area contributed by atoms with Crippen LogP contribution in [-0.4, -0.2) is 26.5 Å². The van der Waals surface area contributed by atoms with Crippen LogP contribution in [0.2, 0.25) is 5.02 Å². The van der Waals surface area contributed by atoms with Crippen LogP contribution in [0.1, 0.15) is 52.9 Å². The molecule has 6 nitrogen and oxygen atoms in total. The van der Waals surface area contributed by atoms with Gasteiger partial charge in [-0.2, -0.15) is 0 Å². The zero-order chi connectivity index (χ0) is 19.0. The summed E-state index contributed by atoms with van der Waals surface area (Å²) in [6.07, 6.45) is 6.28. The van der Waals surface area contributed by atoms with Gasteiger partial charge in [0.15, 0.2) is 5.65 Å². The second kappa shape index (κ2) is 7.19. The first kappa shape index (κ1) is 17.8. The predicted octanol–water partition coefficient (Wildman–Crippen LogP) is 3.25. The van der Waals surface area contributed by atoms with Crippen molar-refractivity contribution in [2.45, 2.75) is 45.1 Å². The summed E-state index contributed by atoms with van der Waals surface area (Å²) in [6.45, 7) is 1.80. The van der Waals surface area contributed by atoms with Gasteiger partial charge in [-0.25, -0.2) is 9.50 Å². The molecule has 1 aromatic carbocycles. The van der Waals surface area contributed by atoms with Crippen molar-refractivity contribution in [2.24, 2.45) is 0 Å². The molecule has 3 aromatic rings. The highest BCUT2D eigenvalue weighted by atomic mass is 35.5. The van der Waals surface area contributed by atoms with Crippen LogP contribution in [-0.2, 0) is 6.42 Å².